The smallest absolute Gasteiger partial charge is 0.135 e. The summed E-state index contributed by atoms with van der Waals surface area (Å²) in [5.74, 6) is 3.03. The second-order valence-corrected chi connectivity index (χ2v) is 12.6. The van der Waals surface area contributed by atoms with Crippen LogP contribution in [0.1, 0.15) is 37.7 Å². The normalized spacial score (nSPS) is 12.4. The first-order valence-electron chi connectivity index (χ1n) is 15.2. The number of anilines is 2. The second kappa shape index (κ2) is 11.2. The fraction of sp³-hybridized carbons (Fsp3) is 0.154. The average molecular weight is 782 g/mol. The van der Waals surface area contributed by atoms with Crippen LogP contribution in [0, 0.1) is 32.6 Å². The summed E-state index contributed by atoms with van der Waals surface area (Å²) in [6, 6.07) is 38.3. The van der Waals surface area contributed by atoms with E-state index in [9.17, 15) is 0 Å². The van der Waals surface area contributed by atoms with Gasteiger partial charge in [0, 0.05) is 55.8 Å². The van der Waals surface area contributed by atoms with Crippen LogP contribution in [0.5, 0.6) is 11.5 Å². The van der Waals surface area contributed by atoms with Crippen LogP contribution in [-0.4, -0.2) is 19.1 Å². The number of imidazole rings is 1. The summed E-state index contributed by atoms with van der Waals surface area (Å²) < 4.78 is 10.9. The Labute approximate surface area is 283 Å². The molecule has 8 rings (SSSR count). The zero-order chi connectivity index (χ0) is 30.9. The van der Waals surface area contributed by atoms with Gasteiger partial charge in [-0.1, -0.05) is 87.1 Å². The Hall–Kier alpha value is -4.80. The molecule has 0 unspecified atom stereocenters. The van der Waals surface area contributed by atoms with Crippen molar-refractivity contribution in [3.05, 3.63) is 133 Å². The number of aromatic nitrogens is 4. The molecule has 0 saturated heterocycles. The summed E-state index contributed by atoms with van der Waals surface area (Å²) in [5, 5.41) is 2.24. The van der Waals surface area contributed by atoms with Gasteiger partial charge in [-0.2, -0.15) is 6.07 Å². The summed E-state index contributed by atoms with van der Waals surface area (Å²) >= 11 is 0. The van der Waals surface area contributed by atoms with E-state index in [2.05, 4.69) is 139 Å². The number of fused-ring (bicyclic) bond motifs is 6. The summed E-state index contributed by atoms with van der Waals surface area (Å²) in [6.07, 6.45) is 1.82. The van der Waals surface area contributed by atoms with Crippen LogP contribution in [0.25, 0.3) is 39.0 Å². The van der Waals surface area contributed by atoms with Crippen molar-refractivity contribution >= 4 is 33.2 Å². The van der Waals surface area contributed by atoms with Gasteiger partial charge >= 0.3 is 0 Å². The topological polar surface area (TPSA) is 48.1 Å². The summed E-state index contributed by atoms with van der Waals surface area (Å²) in [5.41, 5.74) is 8.16. The van der Waals surface area contributed by atoms with E-state index in [-0.39, 0.29) is 26.5 Å². The summed E-state index contributed by atoms with van der Waals surface area (Å²) in [6.45, 7) is 12.9. The van der Waals surface area contributed by atoms with Crippen molar-refractivity contribution in [3.63, 3.8) is 0 Å². The van der Waals surface area contributed by atoms with Crippen LogP contribution in [0.2, 0.25) is 0 Å². The van der Waals surface area contributed by atoms with Crippen molar-refractivity contribution in [2.75, 3.05) is 4.90 Å². The van der Waals surface area contributed by atoms with Gasteiger partial charge in [-0.05, 0) is 59.9 Å². The van der Waals surface area contributed by atoms with Crippen LogP contribution in [0.4, 0.5) is 11.4 Å². The van der Waals surface area contributed by atoms with E-state index in [4.69, 9.17) is 9.72 Å². The SMILES string of the molecule is Cc1nc2n(c1C)[CH-]N(c1[c-]c(Oc3[c-]c4c(cc3)c3ccccc3n4-c3ccccn3)cc(C(C)(C)C)c1)c1ccccc1-2.[Pt]. The molecule has 3 aromatic heterocycles. The third-order valence-corrected chi connectivity index (χ3v) is 8.63. The molecule has 0 fully saturated rings. The summed E-state index contributed by atoms with van der Waals surface area (Å²) in [4.78, 5) is 11.7. The van der Waals surface area contributed by atoms with Crippen LogP contribution in [0.15, 0.2) is 97.2 Å². The molecule has 0 aliphatic carbocycles. The van der Waals surface area contributed by atoms with Gasteiger partial charge in [0.1, 0.15) is 5.82 Å². The zero-order valence-electron chi connectivity index (χ0n) is 26.3. The van der Waals surface area contributed by atoms with Gasteiger partial charge in [-0.25, -0.2) is 4.98 Å². The molecular formula is C39H32N5OPt-3. The van der Waals surface area contributed by atoms with Gasteiger partial charge in [0.05, 0.1) is 0 Å². The molecule has 0 N–H and O–H groups in total. The van der Waals surface area contributed by atoms with Gasteiger partial charge in [-0.3, -0.25) is 0 Å². The van der Waals surface area contributed by atoms with Gasteiger partial charge in [0.2, 0.25) is 0 Å². The molecule has 4 aromatic carbocycles. The van der Waals surface area contributed by atoms with Crippen molar-refractivity contribution in [2.24, 2.45) is 0 Å². The van der Waals surface area contributed by atoms with Gasteiger partial charge in [0.15, 0.2) is 0 Å². The molecule has 4 heterocycles. The van der Waals surface area contributed by atoms with E-state index in [1.807, 2.05) is 30.5 Å². The number of aryl methyl sites for hydroxylation is 1. The minimum absolute atomic E-state index is 0. The zero-order valence-corrected chi connectivity index (χ0v) is 28.5. The number of pyridine rings is 1. The fourth-order valence-electron chi connectivity index (χ4n) is 6.12. The largest absolute Gasteiger partial charge is 0.509 e. The fourth-order valence-corrected chi connectivity index (χ4v) is 6.12. The predicted molar refractivity (Wildman–Crippen MR) is 180 cm³/mol. The molecule has 6 nitrogen and oxygen atoms in total. The maximum atomic E-state index is 6.62. The Bertz CT molecular complexity index is 2240. The van der Waals surface area contributed by atoms with Gasteiger partial charge in [-0.15, -0.1) is 41.3 Å². The molecule has 1 aliphatic heterocycles. The number of hydrogen-bond donors (Lipinski definition) is 0. The second-order valence-electron chi connectivity index (χ2n) is 12.6. The third-order valence-electron chi connectivity index (χ3n) is 8.63. The summed E-state index contributed by atoms with van der Waals surface area (Å²) in [7, 11) is 0. The quantitative estimate of drug-likeness (QED) is 0.167. The Morgan fingerprint density at radius 1 is 0.804 bits per heavy atom. The standard InChI is InChI=1S/C39H32N5O.Pt/c1-25-26(2)42-24-43(34-14-8-7-13-33(34)38(42)41-25)28-20-27(39(3,4)5)21-30(22-28)45-29-17-18-32-31-12-6-9-15-35(31)44(36(32)23-29)37-16-10-11-19-40-37;/h6-21,24H,1-5H3;/q-3;. The van der Waals surface area contributed by atoms with E-state index in [0.29, 0.717) is 11.5 Å². The first-order valence-corrected chi connectivity index (χ1v) is 15.2. The van der Waals surface area contributed by atoms with Crippen LogP contribution < -0.4 is 9.64 Å². The number of rotatable bonds is 4. The maximum absolute atomic E-state index is 6.62. The van der Waals surface area contributed by atoms with E-state index < -0.39 is 0 Å². The van der Waals surface area contributed by atoms with Crippen molar-refractivity contribution in [1.29, 1.82) is 0 Å². The number of hydrogen-bond acceptors (Lipinski definition) is 4. The number of ether oxygens (including phenoxy) is 1. The molecule has 7 heteroatoms. The van der Waals surface area contributed by atoms with Crippen molar-refractivity contribution in [2.45, 2.75) is 40.0 Å². The first-order chi connectivity index (χ1) is 21.8. The molecule has 0 atom stereocenters. The van der Waals surface area contributed by atoms with E-state index >= 15 is 0 Å². The maximum Gasteiger partial charge on any atom is 0.135 e. The third kappa shape index (κ3) is 4.89. The minimum atomic E-state index is -0.122. The van der Waals surface area contributed by atoms with Gasteiger partial charge in [0.25, 0.3) is 0 Å². The number of benzene rings is 4. The van der Waals surface area contributed by atoms with E-state index in [1.165, 1.54) is 0 Å². The van der Waals surface area contributed by atoms with Crippen LogP contribution >= 0.6 is 0 Å². The van der Waals surface area contributed by atoms with Crippen molar-refractivity contribution in [1.82, 2.24) is 19.1 Å². The van der Waals surface area contributed by atoms with Crippen molar-refractivity contribution in [3.8, 4) is 28.7 Å². The molecule has 0 spiro atoms. The Balaban J connectivity index is 0.00000338. The van der Waals surface area contributed by atoms with Crippen molar-refractivity contribution < 1.29 is 25.8 Å². The molecule has 0 saturated carbocycles. The number of para-hydroxylation sites is 2. The number of nitrogens with zero attached hydrogens (tertiary/aromatic N) is 5. The molecule has 232 valence electrons. The first kappa shape index (κ1) is 29.9. The van der Waals surface area contributed by atoms with Crippen LogP contribution in [0.3, 0.4) is 0 Å². The Kier molecular flexibility index (Phi) is 7.29. The molecular weight excluding hydrogens is 750 g/mol. The van der Waals surface area contributed by atoms with E-state index in [1.54, 1.807) is 0 Å². The van der Waals surface area contributed by atoms with E-state index in [0.717, 1.165) is 67.3 Å². The predicted octanol–water partition coefficient (Wildman–Crippen LogP) is 9.47. The Morgan fingerprint density at radius 3 is 2.39 bits per heavy atom. The van der Waals surface area contributed by atoms with Crippen LogP contribution in [-0.2, 0) is 26.5 Å². The molecule has 0 amide bonds. The molecule has 46 heavy (non-hydrogen) atoms. The Morgan fingerprint density at radius 2 is 1.59 bits per heavy atom. The minimum Gasteiger partial charge on any atom is -0.509 e. The van der Waals surface area contributed by atoms with Gasteiger partial charge < -0.3 is 23.8 Å². The molecule has 0 bridgehead atoms. The monoisotopic (exact) mass is 781 g/mol. The molecule has 0 radical (unpaired) electrons. The molecule has 7 aromatic rings. The average Bonchev–Trinajstić information content (AvgIpc) is 3.53. The molecule has 1 aliphatic rings.